The molecule has 0 aliphatic heterocycles. The molecule has 2 rings (SSSR count). The van der Waals surface area contributed by atoms with E-state index >= 15 is 0 Å². The fourth-order valence-corrected chi connectivity index (χ4v) is 7.13. The zero-order valence-corrected chi connectivity index (χ0v) is 20.4. The lowest BCUT2D eigenvalue weighted by Crippen LogP contribution is -2.29. The van der Waals surface area contributed by atoms with Gasteiger partial charge in [-0.2, -0.15) is 0 Å². The normalized spacial score (nSPS) is 13.3. The smallest absolute Gasteiger partial charge is 0.306 e. The summed E-state index contributed by atoms with van der Waals surface area (Å²) in [4.78, 5) is 12.4. The van der Waals surface area contributed by atoms with Gasteiger partial charge in [-0.1, -0.05) is 50.2 Å². The minimum atomic E-state index is -3.70. The highest BCUT2D eigenvalue weighted by Crippen LogP contribution is 2.29. The van der Waals surface area contributed by atoms with E-state index in [1.165, 1.54) is 24.3 Å². The van der Waals surface area contributed by atoms with Crippen molar-refractivity contribution in [1.29, 1.82) is 0 Å². The van der Waals surface area contributed by atoms with Gasteiger partial charge in [-0.05, 0) is 55.4 Å². The molecule has 0 saturated heterocycles. The number of rotatable bonds is 12. The van der Waals surface area contributed by atoms with Gasteiger partial charge < -0.3 is 4.74 Å². The van der Waals surface area contributed by atoms with Crippen LogP contribution in [0.2, 0.25) is 0 Å². The Morgan fingerprint density at radius 2 is 1.25 bits per heavy atom. The van der Waals surface area contributed by atoms with Crippen molar-refractivity contribution in [2.45, 2.75) is 43.4 Å². The van der Waals surface area contributed by atoms with Gasteiger partial charge in [0.15, 0.2) is 19.7 Å². The molecule has 6 nitrogen and oxygen atoms in total. The van der Waals surface area contributed by atoms with Gasteiger partial charge in [0.1, 0.15) is 0 Å². The standard InChI is InChI=1S/C24H32O6S2/c1-4-30-24(25)16-21(19(2)3)15-20(17-31(26,27)22-11-7-5-8-12-22)18-32(28,29)23-13-9-6-10-14-23/h5-14,19-21H,4,15-18H2,1-3H3. The maximum absolute atomic E-state index is 13.1. The lowest BCUT2D eigenvalue weighted by Gasteiger charge is -2.26. The van der Waals surface area contributed by atoms with Crippen molar-refractivity contribution in [3.8, 4) is 0 Å². The maximum atomic E-state index is 13.1. The molecule has 0 radical (unpaired) electrons. The van der Waals surface area contributed by atoms with Gasteiger partial charge in [0, 0.05) is 6.42 Å². The number of hydrogen-bond acceptors (Lipinski definition) is 6. The Morgan fingerprint density at radius 1 is 0.812 bits per heavy atom. The fourth-order valence-electron chi connectivity index (χ4n) is 3.71. The Morgan fingerprint density at radius 3 is 1.62 bits per heavy atom. The molecule has 0 amide bonds. The Kier molecular flexibility index (Phi) is 9.46. The van der Waals surface area contributed by atoms with Crippen molar-refractivity contribution in [2.24, 2.45) is 17.8 Å². The predicted octanol–water partition coefficient (Wildman–Crippen LogP) is 4.17. The van der Waals surface area contributed by atoms with E-state index in [0.29, 0.717) is 0 Å². The van der Waals surface area contributed by atoms with Crippen molar-refractivity contribution in [2.75, 3.05) is 18.1 Å². The molecule has 0 aliphatic carbocycles. The van der Waals surface area contributed by atoms with Crippen LogP contribution in [0, 0.1) is 17.8 Å². The molecular formula is C24H32O6S2. The summed E-state index contributed by atoms with van der Waals surface area (Å²) in [5, 5.41) is 0. The van der Waals surface area contributed by atoms with E-state index in [1.54, 1.807) is 43.3 Å². The Labute approximate surface area is 191 Å². The molecule has 0 aliphatic rings. The Balaban J connectivity index is 2.34. The van der Waals surface area contributed by atoms with Crippen molar-refractivity contribution in [3.05, 3.63) is 60.7 Å². The van der Waals surface area contributed by atoms with Gasteiger partial charge in [-0.15, -0.1) is 0 Å². The first-order valence-corrected chi connectivity index (χ1v) is 14.1. The Bertz CT molecular complexity index is 990. The van der Waals surface area contributed by atoms with Gasteiger partial charge in [0.25, 0.3) is 0 Å². The van der Waals surface area contributed by atoms with Crippen LogP contribution in [0.3, 0.4) is 0 Å². The van der Waals surface area contributed by atoms with Gasteiger partial charge in [0.05, 0.1) is 27.9 Å². The number of sulfone groups is 2. The van der Waals surface area contributed by atoms with E-state index < -0.39 is 25.6 Å². The summed E-state index contributed by atoms with van der Waals surface area (Å²) in [5.41, 5.74) is 0. The van der Waals surface area contributed by atoms with Crippen LogP contribution < -0.4 is 0 Å². The molecule has 1 unspecified atom stereocenters. The summed E-state index contributed by atoms with van der Waals surface area (Å²) >= 11 is 0. The van der Waals surface area contributed by atoms with E-state index in [0.717, 1.165) is 0 Å². The highest BCUT2D eigenvalue weighted by atomic mass is 32.2. The third-order valence-corrected chi connectivity index (χ3v) is 9.23. The molecule has 0 heterocycles. The number of esters is 1. The molecule has 0 fully saturated rings. The fraction of sp³-hybridized carbons (Fsp3) is 0.458. The van der Waals surface area contributed by atoms with Crippen LogP contribution in [0.25, 0.3) is 0 Å². The highest BCUT2D eigenvalue weighted by Gasteiger charge is 2.31. The lowest BCUT2D eigenvalue weighted by atomic mass is 9.85. The number of carbonyl (C=O) groups is 1. The van der Waals surface area contributed by atoms with Crippen LogP contribution >= 0.6 is 0 Å². The molecule has 0 saturated carbocycles. The van der Waals surface area contributed by atoms with Crippen LogP contribution in [-0.4, -0.2) is 40.9 Å². The van der Waals surface area contributed by atoms with Gasteiger partial charge >= 0.3 is 5.97 Å². The zero-order chi connectivity index (χ0) is 23.8. The monoisotopic (exact) mass is 480 g/mol. The van der Waals surface area contributed by atoms with Gasteiger partial charge in [-0.25, -0.2) is 16.8 Å². The third-order valence-electron chi connectivity index (χ3n) is 5.43. The predicted molar refractivity (Wildman–Crippen MR) is 125 cm³/mol. The largest absolute Gasteiger partial charge is 0.466 e. The minimum absolute atomic E-state index is 0.0563. The third kappa shape index (κ3) is 7.74. The molecule has 32 heavy (non-hydrogen) atoms. The van der Waals surface area contributed by atoms with Crippen molar-refractivity contribution < 1.29 is 26.4 Å². The second-order valence-electron chi connectivity index (χ2n) is 8.30. The second kappa shape index (κ2) is 11.6. The summed E-state index contributed by atoms with van der Waals surface area (Å²) in [7, 11) is -7.41. The van der Waals surface area contributed by atoms with Crippen molar-refractivity contribution in [3.63, 3.8) is 0 Å². The average Bonchev–Trinajstić information content (AvgIpc) is 2.74. The number of ether oxygens (including phenoxy) is 1. The van der Waals surface area contributed by atoms with Crippen LogP contribution in [0.15, 0.2) is 70.5 Å². The first-order valence-electron chi connectivity index (χ1n) is 10.8. The quantitative estimate of drug-likeness (QED) is 0.423. The lowest BCUT2D eigenvalue weighted by molar-refractivity contribution is -0.144. The minimum Gasteiger partial charge on any atom is -0.466 e. The molecule has 1 atom stereocenters. The summed E-state index contributed by atoms with van der Waals surface area (Å²) < 4.78 is 57.3. The van der Waals surface area contributed by atoms with Crippen LogP contribution in [-0.2, 0) is 29.2 Å². The van der Waals surface area contributed by atoms with E-state index in [4.69, 9.17) is 4.74 Å². The number of hydrogen-bond donors (Lipinski definition) is 0. The molecule has 8 heteroatoms. The molecule has 0 spiro atoms. The van der Waals surface area contributed by atoms with E-state index in [9.17, 15) is 21.6 Å². The van der Waals surface area contributed by atoms with E-state index in [2.05, 4.69) is 0 Å². The number of carbonyl (C=O) groups excluding carboxylic acids is 1. The molecule has 2 aromatic rings. The topological polar surface area (TPSA) is 94.6 Å². The van der Waals surface area contributed by atoms with Crippen molar-refractivity contribution in [1.82, 2.24) is 0 Å². The molecular weight excluding hydrogens is 448 g/mol. The van der Waals surface area contributed by atoms with E-state index in [1.807, 2.05) is 13.8 Å². The highest BCUT2D eigenvalue weighted by molar-refractivity contribution is 7.92. The molecule has 2 aromatic carbocycles. The average molecular weight is 481 g/mol. The summed E-state index contributed by atoms with van der Waals surface area (Å²) in [6.45, 7) is 5.87. The Hall–Kier alpha value is -2.19. The van der Waals surface area contributed by atoms with Crippen molar-refractivity contribution >= 4 is 25.6 Å². The first kappa shape index (κ1) is 26.1. The molecule has 0 N–H and O–H groups in total. The first-order chi connectivity index (χ1) is 15.0. The molecule has 176 valence electrons. The van der Waals surface area contributed by atoms with Gasteiger partial charge in [0.2, 0.25) is 0 Å². The number of benzene rings is 2. The van der Waals surface area contributed by atoms with Crippen LogP contribution in [0.5, 0.6) is 0 Å². The summed E-state index contributed by atoms with van der Waals surface area (Å²) in [6.07, 6.45) is 0.410. The summed E-state index contributed by atoms with van der Waals surface area (Å²) in [5.74, 6) is -1.80. The molecule has 0 bridgehead atoms. The van der Waals surface area contributed by atoms with Crippen LogP contribution in [0.4, 0.5) is 0 Å². The van der Waals surface area contributed by atoms with Gasteiger partial charge in [-0.3, -0.25) is 4.79 Å². The maximum Gasteiger partial charge on any atom is 0.306 e. The summed E-state index contributed by atoms with van der Waals surface area (Å²) in [6, 6.07) is 16.1. The second-order valence-corrected chi connectivity index (χ2v) is 12.4. The van der Waals surface area contributed by atoms with E-state index in [-0.39, 0.29) is 58.6 Å². The zero-order valence-electron chi connectivity index (χ0n) is 18.8. The van der Waals surface area contributed by atoms with Crippen LogP contribution in [0.1, 0.15) is 33.6 Å². The molecule has 0 aromatic heterocycles. The SMILES string of the molecule is CCOC(=O)CC(CC(CS(=O)(=O)c1ccccc1)CS(=O)(=O)c1ccccc1)C(C)C.